The van der Waals surface area contributed by atoms with E-state index in [0.29, 0.717) is 6.54 Å². The van der Waals surface area contributed by atoms with Crippen molar-refractivity contribution in [3.05, 3.63) is 0 Å². The number of rotatable bonds is 4. The number of likely N-dealkylation sites (N-methyl/N-ethyl adjacent to an activating group) is 1. The molecule has 4 heteroatoms. The van der Waals surface area contributed by atoms with E-state index in [2.05, 4.69) is 0 Å². The zero-order valence-corrected chi connectivity index (χ0v) is 8.90. The number of hydrogen-bond donors (Lipinski definition) is 1. The first-order valence-electron chi connectivity index (χ1n) is 5.16. The van der Waals surface area contributed by atoms with E-state index in [1.165, 1.54) is 6.42 Å². The largest absolute Gasteiger partial charge is 0.480 e. The predicted octanol–water partition coefficient (Wildman–Crippen LogP) is 0.960. The van der Waals surface area contributed by atoms with Crippen LogP contribution in [0.3, 0.4) is 0 Å². The molecule has 0 spiro atoms. The van der Waals surface area contributed by atoms with Gasteiger partial charge in [0.15, 0.2) is 0 Å². The molecule has 1 aliphatic heterocycles. The number of nitrogens with zero attached hydrogens (tertiary/aromatic N) is 1. The fraction of sp³-hybridized carbons (Fsp3) is 0.900. The Morgan fingerprint density at radius 2 is 2.36 bits per heavy atom. The van der Waals surface area contributed by atoms with Crippen LogP contribution in [-0.2, 0) is 9.53 Å². The van der Waals surface area contributed by atoms with E-state index in [1.54, 1.807) is 6.92 Å². The normalized spacial score (nSPS) is 24.9. The maximum Gasteiger partial charge on any atom is 0.320 e. The topological polar surface area (TPSA) is 49.8 Å². The van der Waals surface area contributed by atoms with Gasteiger partial charge in [-0.1, -0.05) is 0 Å². The predicted molar refractivity (Wildman–Crippen MR) is 53.3 cm³/mol. The summed E-state index contributed by atoms with van der Waals surface area (Å²) in [5.74, 6) is -0.775. The zero-order chi connectivity index (χ0) is 10.6. The Morgan fingerprint density at radius 1 is 1.64 bits per heavy atom. The first-order chi connectivity index (χ1) is 6.61. The Bertz CT molecular complexity index is 190. The van der Waals surface area contributed by atoms with Crippen molar-refractivity contribution in [1.82, 2.24) is 4.90 Å². The van der Waals surface area contributed by atoms with E-state index in [-0.39, 0.29) is 6.10 Å². The first kappa shape index (κ1) is 11.5. The van der Waals surface area contributed by atoms with Gasteiger partial charge in [-0.3, -0.25) is 9.69 Å². The second-order valence-electron chi connectivity index (χ2n) is 3.94. The maximum atomic E-state index is 10.7. The van der Waals surface area contributed by atoms with Gasteiger partial charge in [0.1, 0.15) is 6.04 Å². The van der Waals surface area contributed by atoms with Crippen molar-refractivity contribution in [2.24, 2.45) is 0 Å². The Hall–Kier alpha value is -0.610. The summed E-state index contributed by atoms with van der Waals surface area (Å²) in [4.78, 5) is 12.5. The Balaban J connectivity index is 2.31. The van der Waals surface area contributed by atoms with Crippen LogP contribution in [0.4, 0.5) is 0 Å². The van der Waals surface area contributed by atoms with Crippen LogP contribution in [0.2, 0.25) is 0 Å². The molecule has 0 aliphatic carbocycles. The second kappa shape index (κ2) is 5.32. The molecular formula is C10H19NO3. The highest BCUT2D eigenvalue weighted by Crippen LogP contribution is 2.14. The van der Waals surface area contributed by atoms with Crippen molar-refractivity contribution in [1.29, 1.82) is 0 Å². The average Bonchev–Trinajstić information content (AvgIpc) is 2.18. The maximum absolute atomic E-state index is 10.7. The van der Waals surface area contributed by atoms with E-state index in [9.17, 15) is 4.79 Å². The standard InChI is InChI=1S/C10H19NO3/c1-8(10(12)13)11(2)7-9-5-3-4-6-14-9/h8-9H,3-7H2,1-2H3,(H,12,13). The molecule has 0 aromatic rings. The third-order valence-corrected chi connectivity index (χ3v) is 2.78. The van der Waals surface area contributed by atoms with Crippen LogP contribution >= 0.6 is 0 Å². The minimum Gasteiger partial charge on any atom is -0.480 e. The summed E-state index contributed by atoms with van der Waals surface area (Å²) < 4.78 is 5.54. The second-order valence-corrected chi connectivity index (χ2v) is 3.94. The molecular weight excluding hydrogens is 182 g/mol. The fourth-order valence-electron chi connectivity index (χ4n) is 1.62. The Kier molecular flexibility index (Phi) is 4.35. The van der Waals surface area contributed by atoms with Gasteiger partial charge in [-0.25, -0.2) is 0 Å². The first-order valence-corrected chi connectivity index (χ1v) is 5.16. The van der Waals surface area contributed by atoms with Crippen LogP contribution in [-0.4, -0.2) is 48.3 Å². The van der Waals surface area contributed by atoms with Gasteiger partial charge in [0.05, 0.1) is 6.10 Å². The molecule has 0 radical (unpaired) electrons. The van der Waals surface area contributed by atoms with Gasteiger partial charge in [0.25, 0.3) is 0 Å². The molecule has 1 heterocycles. The zero-order valence-electron chi connectivity index (χ0n) is 8.90. The van der Waals surface area contributed by atoms with Crippen LogP contribution in [0.15, 0.2) is 0 Å². The van der Waals surface area contributed by atoms with Gasteiger partial charge in [0.2, 0.25) is 0 Å². The van der Waals surface area contributed by atoms with Crippen molar-refractivity contribution in [2.45, 2.75) is 38.3 Å². The highest BCUT2D eigenvalue weighted by molar-refractivity contribution is 5.72. The van der Waals surface area contributed by atoms with Crippen LogP contribution in [0, 0.1) is 0 Å². The Morgan fingerprint density at radius 3 is 2.86 bits per heavy atom. The molecule has 4 nitrogen and oxygen atoms in total. The molecule has 1 fully saturated rings. The summed E-state index contributed by atoms with van der Waals surface area (Å²) in [6, 6.07) is -0.430. The van der Waals surface area contributed by atoms with Gasteiger partial charge >= 0.3 is 5.97 Å². The summed E-state index contributed by atoms with van der Waals surface area (Å²) in [5.41, 5.74) is 0. The van der Waals surface area contributed by atoms with E-state index >= 15 is 0 Å². The van der Waals surface area contributed by atoms with Gasteiger partial charge in [0, 0.05) is 13.2 Å². The summed E-state index contributed by atoms with van der Waals surface area (Å²) >= 11 is 0. The van der Waals surface area contributed by atoms with E-state index in [4.69, 9.17) is 9.84 Å². The molecule has 82 valence electrons. The van der Waals surface area contributed by atoms with Crippen molar-refractivity contribution in [3.8, 4) is 0 Å². The average molecular weight is 201 g/mol. The summed E-state index contributed by atoms with van der Waals surface area (Å²) in [6.45, 7) is 3.23. The minimum atomic E-state index is -0.775. The third kappa shape index (κ3) is 3.27. The van der Waals surface area contributed by atoms with Crippen LogP contribution in [0.5, 0.6) is 0 Å². The van der Waals surface area contributed by atoms with Crippen molar-refractivity contribution < 1.29 is 14.6 Å². The number of carboxylic acids is 1. The molecule has 1 aliphatic rings. The summed E-state index contributed by atoms with van der Waals surface area (Å²) in [7, 11) is 1.83. The molecule has 2 atom stereocenters. The SMILES string of the molecule is CC(C(=O)O)N(C)CC1CCCCO1. The molecule has 0 amide bonds. The Labute approximate surface area is 84.8 Å². The van der Waals surface area contributed by atoms with E-state index in [1.807, 2.05) is 11.9 Å². The molecule has 0 saturated carbocycles. The molecule has 0 bridgehead atoms. The smallest absolute Gasteiger partial charge is 0.320 e. The van der Waals surface area contributed by atoms with Gasteiger partial charge in [-0.15, -0.1) is 0 Å². The lowest BCUT2D eigenvalue weighted by molar-refractivity contribution is -0.142. The van der Waals surface area contributed by atoms with Gasteiger partial charge < -0.3 is 9.84 Å². The van der Waals surface area contributed by atoms with Gasteiger partial charge in [-0.05, 0) is 33.2 Å². The molecule has 0 aromatic heterocycles. The lowest BCUT2D eigenvalue weighted by Gasteiger charge is -2.29. The fourth-order valence-corrected chi connectivity index (χ4v) is 1.62. The summed E-state index contributed by atoms with van der Waals surface area (Å²) in [6.07, 6.45) is 3.60. The highest BCUT2D eigenvalue weighted by atomic mass is 16.5. The molecule has 1 rings (SSSR count). The number of ether oxygens (including phenoxy) is 1. The van der Waals surface area contributed by atoms with E-state index in [0.717, 1.165) is 19.4 Å². The van der Waals surface area contributed by atoms with Gasteiger partial charge in [-0.2, -0.15) is 0 Å². The van der Waals surface area contributed by atoms with Crippen molar-refractivity contribution >= 4 is 5.97 Å². The minimum absolute atomic E-state index is 0.218. The number of carbonyl (C=O) groups is 1. The molecule has 14 heavy (non-hydrogen) atoms. The van der Waals surface area contributed by atoms with Crippen LogP contribution < -0.4 is 0 Å². The third-order valence-electron chi connectivity index (χ3n) is 2.78. The van der Waals surface area contributed by atoms with E-state index < -0.39 is 12.0 Å². The summed E-state index contributed by atoms with van der Waals surface area (Å²) in [5, 5.41) is 8.80. The number of carboxylic acid groups (broad SMARTS) is 1. The van der Waals surface area contributed by atoms with Crippen LogP contribution in [0.25, 0.3) is 0 Å². The quantitative estimate of drug-likeness (QED) is 0.736. The number of aliphatic carboxylic acids is 1. The monoisotopic (exact) mass is 201 g/mol. The molecule has 2 unspecified atom stereocenters. The lowest BCUT2D eigenvalue weighted by atomic mass is 10.1. The molecule has 0 aromatic carbocycles. The molecule has 1 saturated heterocycles. The van der Waals surface area contributed by atoms with Crippen molar-refractivity contribution in [2.75, 3.05) is 20.2 Å². The molecule has 1 N–H and O–H groups in total. The highest BCUT2D eigenvalue weighted by Gasteiger charge is 2.21. The lowest BCUT2D eigenvalue weighted by Crippen LogP contribution is -2.42. The van der Waals surface area contributed by atoms with Crippen molar-refractivity contribution in [3.63, 3.8) is 0 Å². The van der Waals surface area contributed by atoms with Crippen LogP contribution in [0.1, 0.15) is 26.2 Å². The number of hydrogen-bond acceptors (Lipinski definition) is 3.